The number of carbonyl (C=O) groups excluding carboxylic acids is 2. The topological polar surface area (TPSA) is 69.6 Å². The molecule has 2 aliphatic rings. The van der Waals surface area contributed by atoms with Crippen molar-refractivity contribution < 1.29 is 9.59 Å². The van der Waals surface area contributed by atoms with Crippen LogP contribution in [0.1, 0.15) is 53.0 Å². The van der Waals surface area contributed by atoms with Crippen molar-refractivity contribution in [1.29, 1.82) is 0 Å². The van der Waals surface area contributed by atoms with Gasteiger partial charge in [-0.2, -0.15) is 0 Å². The van der Waals surface area contributed by atoms with E-state index in [0.29, 0.717) is 32.1 Å². The number of likely N-dealkylation sites (tertiary alicyclic amines) is 1. The fourth-order valence-corrected chi connectivity index (χ4v) is 4.57. The van der Waals surface area contributed by atoms with E-state index in [1.54, 1.807) is 11.8 Å². The summed E-state index contributed by atoms with van der Waals surface area (Å²) in [6.45, 7) is 8.85. The second kappa shape index (κ2) is 9.56. The molecule has 164 valence electrons. The lowest BCUT2D eigenvalue weighted by Crippen LogP contribution is -2.50. The van der Waals surface area contributed by atoms with Crippen molar-refractivity contribution in [3.05, 3.63) is 59.2 Å². The summed E-state index contributed by atoms with van der Waals surface area (Å²) in [4.78, 5) is 40.0. The second-order valence-corrected chi connectivity index (χ2v) is 8.59. The maximum absolute atomic E-state index is 13.3. The maximum Gasteiger partial charge on any atom is 0.255 e. The first-order valence-corrected chi connectivity index (χ1v) is 11.1. The molecule has 0 atom stereocenters. The van der Waals surface area contributed by atoms with E-state index >= 15 is 0 Å². The molecule has 2 aliphatic heterocycles. The van der Waals surface area contributed by atoms with E-state index in [4.69, 9.17) is 4.98 Å². The zero-order valence-electron chi connectivity index (χ0n) is 18.5. The first kappa shape index (κ1) is 21.4. The molecule has 7 heteroatoms. The number of nitrogens with zero attached hydrogens (tertiary/aromatic N) is 5. The van der Waals surface area contributed by atoms with Gasteiger partial charge in [-0.25, -0.2) is 0 Å². The van der Waals surface area contributed by atoms with Crippen molar-refractivity contribution in [1.82, 2.24) is 24.7 Å². The largest absolute Gasteiger partial charge is 0.339 e. The van der Waals surface area contributed by atoms with Crippen molar-refractivity contribution in [3.8, 4) is 0 Å². The minimum Gasteiger partial charge on any atom is -0.339 e. The number of rotatable bonds is 4. The fourth-order valence-electron chi connectivity index (χ4n) is 4.57. The summed E-state index contributed by atoms with van der Waals surface area (Å²) in [7, 11) is 0. The van der Waals surface area contributed by atoms with Gasteiger partial charge >= 0.3 is 0 Å². The van der Waals surface area contributed by atoms with Gasteiger partial charge in [-0.15, -0.1) is 0 Å². The van der Waals surface area contributed by atoms with E-state index in [2.05, 4.69) is 22.0 Å². The number of hydrogen-bond donors (Lipinski definition) is 0. The highest BCUT2D eigenvalue weighted by atomic mass is 16.2. The number of pyridine rings is 2. The van der Waals surface area contributed by atoms with Gasteiger partial charge in [-0.05, 0) is 62.7 Å². The van der Waals surface area contributed by atoms with Crippen LogP contribution in [-0.4, -0.2) is 75.8 Å². The molecule has 2 aromatic heterocycles. The zero-order valence-corrected chi connectivity index (χ0v) is 18.5. The summed E-state index contributed by atoms with van der Waals surface area (Å²) >= 11 is 0. The van der Waals surface area contributed by atoms with Crippen molar-refractivity contribution in [2.45, 2.75) is 39.2 Å². The molecule has 4 heterocycles. The van der Waals surface area contributed by atoms with Crippen molar-refractivity contribution in [3.63, 3.8) is 0 Å². The first-order chi connectivity index (χ1) is 15.0. The van der Waals surface area contributed by atoms with Gasteiger partial charge in [0.1, 0.15) is 0 Å². The van der Waals surface area contributed by atoms with Crippen LogP contribution < -0.4 is 0 Å². The monoisotopic (exact) mass is 421 g/mol. The summed E-state index contributed by atoms with van der Waals surface area (Å²) in [6.07, 6.45) is 5.68. The molecule has 0 bridgehead atoms. The minimum absolute atomic E-state index is 0.0462. The van der Waals surface area contributed by atoms with Crippen molar-refractivity contribution in [2.75, 3.05) is 39.3 Å². The van der Waals surface area contributed by atoms with Crippen LogP contribution in [0.3, 0.4) is 0 Å². The third kappa shape index (κ3) is 5.10. The summed E-state index contributed by atoms with van der Waals surface area (Å²) in [6, 6.07) is 8.01. The van der Waals surface area contributed by atoms with Crippen LogP contribution in [0.5, 0.6) is 0 Å². The molecule has 0 radical (unpaired) electrons. The third-order valence-electron chi connectivity index (χ3n) is 6.44. The van der Waals surface area contributed by atoms with Gasteiger partial charge in [0, 0.05) is 63.7 Å². The molecule has 7 nitrogen and oxygen atoms in total. The van der Waals surface area contributed by atoms with Crippen LogP contribution in [0, 0.1) is 6.92 Å². The summed E-state index contributed by atoms with van der Waals surface area (Å²) in [5.41, 5.74) is 3.91. The molecule has 0 aliphatic carbocycles. The van der Waals surface area contributed by atoms with Crippen LogP contribution in [0.25, 0.3) is 0 Å². The quantitative estimate of drug-likeness (QED) is 0.759. The Morgan fingerprint density at radius 2 is 1.58 bits per heavy atom. The Balaban J connectivity index is 1.43. The van der Waals surface area contributed by atoms with Crippen LogP contribution >= 0.6 is 0 Å². The van der Waals surface area contributed by atoms with Gasteiger partial charge < -0.3 is 9.80 Å². The Labute approximate surface area is 184 Å². The Morgan fingerprint density at radius 1 is 0.935 bits per heavy atom. The van der Waals surface area contributed by atoms with Gasteiger partial charge in [0.2, 0.25) is 5.91 Å². The molecule has 0 spiro atoms. The number of aryl methyl sites for hydroxylation is 1. The van der Waals surface area contributed by atoms with Crippen LogP contribution in [-0.2, 0) is 11.3 Å². The normalized spacial score (nSPS) is 18.3. The molecule has 31 heavy (non-hydrogen) atoms. The third-order valence-corrected chi connectivity index (χ3v) is 6.44. The highest BCUT2D eigenvalue weighted by Gasteiger charge is 2.29. The number of aromatic nitrogens is 2. The lowest BCUT2D eigenvalue weighted by Gasteiger charge is -2.35. The molecule has 0 N–H and O–H groups in total. The lowest BCUT2D eigenvalue weighted by atomic mass is 9.89. The number of amides is 2. The van der Waals surface area contributed by atoms with Crippen LogP contribution in [0.4, 0.5) is 0 Å². The van der Waals surface area contributed by atoms with Gasteiger partial charge in [0.05, 0.1) is 11.3 Å². The SMILES string of the molecule is CC(=O)N1CCN(C(=O)c2ccc(C)nc2C2CCN(Cc3ccncc3)CC2)CC1. The molecule has 4 rings (SSSR count). The number of hydrogen-bond acceptors (Lipinski definition) is 5. The first-order valence-electron chi connectivity index (χ1n) is 11.1. The van der Waals surface area contributed by atoms with Gasteiger partial charge in [0.15, 0.2) is 0 Å². The van der Waals surface area contributed by atoms with Crippen LogP contribution in [0.2, 0.25) is 0 Å². The van der Waals surface area contributed by atoms with E-state index in [1.165, 1.54) is 5.56 Å². The van der Waals surface area contributed by atoms with Crippen molar-refractivity contribution in [2.24, 2.45) is 0 Å². The predicted molar refractivity (Wildman–Crippen MR) is 119 cm³/mol. The standard InChI is InChI=1S/C24H31N5O2/c1-18-3-4-22(24(31)29-15-13-28(14-16-29)19(2)30)23(26-18)21-7-11-27(12-8-21)17-20-5-9-25-10-6-20/h3-6,9-10,21H,7-8,11-17H2,1-2H3. The average Bonchev–Trinajstić information content (AvgIpc) is 2.80. The van der Waals surface area contributed by atoms with E-state index in [9.17, 15) is 9.59 Å². The minimum atomic E-state index is 0.0462. The van der Waals surface area contributed by atoms with E-state index < -0.39 is 0 Å². The predicted octanol–water partition coefficient (Wildman–Crippen LogP) is 2.47. The smallest absolute Gasteiger partial charge is 0.255 e. The number of piperazine rings is 1. The van der Waals surface area contributed by atoms with Gasteiger partial charge in [0.25, 0.3) is 5.91 Å². The second-order valence-electron chi connectivity index (χ2n) is 8.59. The summed E-state index contributed by atoms with van der Waals surface area (Å²) in [5.74, 6) is 0.416. The van der Waals surface area contributed by atoms with Gasteiger partial charge in [-0.3, -0.25) is 24.5 Å². The molecule has 0 aromatic carbocycles. The summed E-state index contributed by atoms with van der Waals surface area (Å²) in [5, 5.41) is 0. The molecular weight excluding hydrogens is 390 g/mol. The van der Waals surface area contributed by atoms with Crippen LogP contribution in [0.15, 0.2) is 36.7 Å². The van der Waals surface area contributed by atoms with E-state index in [1.807, 2.05) is 36.4 Å². The molecule has 2 amide bonds. The van der Waals surface area contributed by atoms with E-state index in [-0.39, 0.29) is 11.8 Å². The highest BCUT2D eigenvalue weighted by Crippen LogP contribution is 2.30. The molecule has 2 fully saturated rings. The van der Waals surface area contributed by atoms with Crippen molar-refractivity contribution >= 4 is 11.8 Å². The molecule has 0 unspecified atom stereocenters. The van der Waals surface area contributed by atoms with E-state index in [0.717, 1.165) is 49.4 Å². The van der Waals surface area contributed by atoms with Gasteiger partial charge in [-0.1, -0.05) is 0 Å². The number of piperidine rings is 1. The maximum atomic E-state index is 13.3. The molecule has 2 aromatic rings. The lowest BCUT2D eigenvalue weighted by molar-refractivity contribution is -0.130. The zero-order chi connectivity index (χ0) is 21.8. The Bertz CT molecular complexity index is 917. The molecule has 2 saturated heterocycles. The molecular formula is C24H31N5O2. The Kier molecular flexibility index (Phi) is 6.61. The fraction of sp³-hybridized carbons (Fsp3) is 0.500. The highest BCUT2D eigenvalue weighted by molar-refractivity contribution is 5.95. The molecule has 0 saturated carbocycles. The summed E-state index contributed by atoms with van der Waals surface area (Å²) < 4.78 is 0. The Hall–Kier alpha value is -2.80. The Morgan fingerprint density at radius 3 is 2.23 bits per heavy atom. The average molecular weight is 422 g/mol. The number of carbonyl (C=O) groups is 2.